The molecule has 0 radical (unpaired) electrons. The van der Waals surface area contributed by atoms with Crippen molar-refractivity contribution < 1.29 is 19.5 Å². The molecule has 1 N–H and O–H groups in total. The van der Waals surface area contributed by atoms with E-state index in [0.29, 0.717) is 12.8 Å². The van der Waals surface area contributed by atoms with Crippen molar-refractivity contribution in [3.8, 4) is 0 Å². The monoisotopic (exact) mass is 404 g/mol. The molecule has 1 aliphatic carbocycles. The Balaban J connectivity index is 3.27. The van der Waals surface area contributed by atoms with E-state index >= 15 is 0 Å². The number of aliphatic hydroxyl groups is 1. The van der Waals surface area contributed by atoms with E-state index in [1.807, 2.05) is 13.8 Å². The minimum atomic E-state index is -1.16. The van der Waals surface area contributed by atoms with E-state index < -0.39 is 32.9 Å². The van der Waals surface area contributed by atoms with Crippen LogP contribution in [0.3, 0.4) is 0 Å². The molecule has 0 aromatic heterocycles. The van der Waals surface area contributed by atoms with E-state index in [2.05, 4.69) is 0 Å². The van der Waals surface area contributed by atoms with E-state index in [9.17, 15) is 19.5 Å². The molecule has 1 aliphatic rings. The third-order valence-electron chi connectivity index (χ3n) is 5.22. The summed E-state index contributed by atoms with van der Waals surface area (Å²) in [7, 11) is 0. The van der Waals surface area contributed by atoms with Crippen molar-refractivity contribution in [2.24, 2.45) is 10.8 Å². The SMILES string of the molecule is CCCCC1(CCCC)C(=O)C(=O)C(C)(CO)[CH]([SnH3])C1=O. The van der Waals surface area contributed by atoms with E-state index in [1.54, 1.807) is 6.92 Å². The maximum atomic E-state index is 13.0. The fourth-order valence-electron chi connectivity index (χ4n) is 3.25. The van der Waals surface area contributed by atoms with E-state index in [0.717, 1.165) is 25.7 Å². The summed E-state index contributed by atoms with van der Waals surface area (Å²) in [5.74, 6) is -1.10. The molecular weight excluding hydrogens is 375 g/mol. The number of carbonyl (C=O) groups is 3. The predicted octanol–water partition coefficient (Wildman–Crippen LogP) is 1.23. The molecule has 1 rings (SSSR count). The van der Waals surface area contributed by atoms with Crippen LogP contribution in [-0.4, -0.2) is 51.6 Å². The number of rotatable bonds is 7. The van der Waals surface area contributed by atoms with Crippen LogP contribution in [0.5, 0.6) is 0 Å². The zero-order valence-corrected chi connectivity index (χ0v) is 19.4. The van der Waals surface area contributed by atoms with Crippen LogP contribution in [0.2, 0.25) is 3.93 Å². The molecule has 0 spiro atoms. The van der Waals surface area contributed by atoms with E-state index in [-0.39, 0.29) is 28.3 Å². The first kappa shape index (κ1) is 18.8. The molecule has 0 heterocycles. The maximum absolute atomic E-state index is 13.0. The van der Waals surface area contributed by atoms with Crippen LogP contribution in [-0.2, 0) is 14.4 Å². The molecule has 1 fully saturated rings. The van der Waals surface area contributed by atoms with Gasteiger partial charge in [0.25, 0.3) is 0 Å². The third-order valence-corrected chi connectivity index (χ3v) is 10.4. The average molecular weight is 403 g/mol. The van der Waals surface area contributed by atoms with Gasteiger partial charge in [0.2, 0.25) is 0 Å². The number of unbranched alkanes of at least 4 members (excludes halogenated alkanes) is 2. The summed E-state index contributed by atoms with van der Waals surface area (Å²) in [6.07, 6.45) is 4.35. The van der Waals surface area contributed by atoms with Gasteiger partial charge in [0.15, 0.2) is 0 Å². The fraction of sp³-hybridized carbons (Fsp3) is 0.812. The molecule has 4 nitrogen and oxygen atoms in total. The zero-order chi connectivity index (χ0) is 16.3. The number of hydrogen-bond acceptors (Lipinski definition) is 4. The molecule has 2 unspecified atom stereocenters. The van der Waals surface area contributed by atoms with E-state index in [4.69, 9.17) is 0 Å². The molecule has 1 saturated carbocycles. The first-order chi connectivity index (χ1) is 9.81. The molecule has 0 aromatic carbocycles. The van der Waals surface area contributed by atoms with Crippen LogP contribution in [0.4, 0.5) is 0 Å². The summed E-state index contributed by atoms with van der Waals surface area (Å²) >= 11 is -0.122. The van der Waals surface area contributed by atoms with Gasteiger partial charge in [-0.05, 0) is 0 Å². The van der Waals surface area contributed by atoms with Crippen molar-refractivity contribution in [1.29, 1.82) is 0 Å². The van der Waals surface area contributed by atoms with Crippen LogP contribution in [0.15, 0.2) is 0 Å². The Bertz CT molecular complexity index is 424. The number of aliphatic hydroxyl groups excluding tert-OH is 1. The molecule has 2 atom stereocenters. The van der Waals surface area contributed by atoms with E-state index in [1.165, 1.54) is 0 Å². The molecule has 21 heavy (non-hydrogen) atoms. The number of ketones is 3. The molecular formula is C16H28O4Sn. The number of Topliss-reactive ketones (excluding diaryl/α,β-unsaturated/α-hetero) is 3. The van der Waals surface area contributed by atoms with Gasteiger partial charge < -0.3 is 0 Å². The van der Waals surface area contributed by atoms with Crippen molar-refractivity contribution in [3.63, 3.8) is 0 Å². The molecule has 0 bridgehead atoms. The van der Waals surface area contributed by atoms with Crippen LogP contribution in [0, 0.1) is 10.8 Å². The van der Waals surface area contributed by atoms with Gasteiger partial charge >= 0.3 is 140 Å². The first-order valence-corrected chi connectivity index (χ1v) is 11.4. The second-order valence-electron chi connectivity index (χ2n) is 6.61. The van der Waals surface area contributed by atoms with Crippen LogP contribution >= 0.6 is 0 Å². The van der Waals surface area contributed by atoms with Crippen LogP contribution in [0.1, 0.15) is 59.3 Å². The van der Waals surface area contributed by atoms with Gasteiger partial charge in [-0.25, -0.2) is 0 Å². The normalized spacial score (nSPS) is 29.1. The van der Waals surface area contributed by atoms with Crippen LogP contribution in [0.25, 0.3) is 0 Å². The Morgan fingerprint density at radius 1 is 1.05 bits per heavy atom. The van der Waals surface area contributed by atoms with Crippen molar-refractivity contribution in [2.45, 2.75) is 63.2 Å². The zero-order valence-electron chi connectivity index (χ0n) is 13.7. The van der Waals surface area contributed by atoms with Gasteiger partial charge in [0, 0.05) is 0 Å². The third kappa shape index (κ3) is 3.11. The van der Waals surface area contributed by atoms with Crippen molar-refractivity contribution in [1.82, 2.24) is 0 Å². The molecule has 0 aromatic rings. The Kier molecular flexibility index (Phi) is 6.59. The average Bonchev–Trinajstić information content (AvgIpc) is 2.50. The predicted molar refractivity (Wildman–Crippen MR) is 85.4 cm³/mol. The van der Waals surface area contributed by atoms with Crippen LogP contribution < -0.4 is 0 Å². The fourth-order valence-corrected chi connectivity index (χ4v) is 6.10. The van der Waals surface area contributed by atoms with Gasteiger partial charge in [-0.15, -0.1) is 0 Å². The summed E-state index contributed by atoms with van der Waals surface area (Å²) in [4.78, 5) is 38.2. The molecule has 0 aliphatic heterocycles. The van der Waals surface area contributed by atoms with Gasteiger partial charge in [0.1, 0.15) is 0 Å². The minimum absolute atomic E-state index is 0.0543. The molecule has 5 heteroatoms. The molecule has 120 valence electrons. The number of hydrogen-bond donors (Lipinski definition) is 1. The summed E-state index contributed by atoms with van der Waals surface area (Å²) in [6, 6.07) is 0. The van der Waals surface area contributed by atoms with Gasteiger partial charge in [-0.2, -0.15) is 0 Å². The van der Waals surface area contributed by atoms with Gasteiger partial charge in [-0.3, -0.25) is 0 Å². The molecule has 0 amide bonds. The van der Waals surface area contributed by atoms with Crippen molar-refractivity contribution >= 4 is 39.9 Å². The summed E-state index contributed by atoms with van der Waals surface area (Å²) in [6.45, 7) is 5.22. The Labute approximate surface area is 140 Å². The van der Waals surface area contributed by atoms with Gasteiger partial charge in [0.05, 0.1) is 0 Å². The van der Waals surface area contributed by atoms with Crippen molar-refractivity contribution in [3.05, 3.63) is 0 Å². The van der Waals surface area contributed by atoms with Crippen molar-refractivity contribution in [2.75, 3.05) is 6.61 Å². The standard InChI is InChI=1S/C16H25O4.Sn.3H/c1-4-6-8-16(9-7-5-2)12(18)10-15(3,11-17)13(19)14(16)20;;;;/h10,17H,4-9,11H2,1-3H3;;;;. The summed E-state index contributed by atoms with van der Waals surface area (Å²) in [5, 5.41) is 9.56. The Hall–Kier alpha value is -0.231. The second kappa shape index (κ2) is 7.36. The second-order valence-corrected chi connectivity index (χ2v) is 9.90. The van der Waals surface area contributed by atoms with Gasteiger partial charge in [-0.1, -0.05) is 0 Å². The Morgan fingerprint density at radius 3 is 1.90 bits per heavy atom. The Morgan fingerprint density at radius 2 is 1.52 bits per heavy atom. The summed E-state index contributed by atoms with van der Waals surface area (Å²) < 4.78 is -0.400. The topological polar surface area (TPSA) is 71.4 Å². The summed E-state index contributed by atoms with van der Waals surface area (Å²) in [5.41, 5.74) is -2.25. The quantitative estimate of drug-likeness (QED) is 0.395. The first-order valence-electron chi connectivity index (χ1n) is 8.06. The molecule has 0 saturated heterocycles. The number of carbonyl (C=O) groups excluding carboxylic acids is 3.